The number of carbonyl (C=O) groups is 3. The highest BCUT2D eigenvalue weighted by atomic mass is 16.6. The molecule has 12 heteroatoms. The van der Waals surface area contributed by atoms with E-state index in [4.69, 9.17) is 24.1 Å². The summed E-state index contributed by atoms with van der Waals surface area (Å²) in [5.74, 6) is -1.49. The molecule has 0 radical (unpaired) electrons. The predicted octanol–water partition coefficient (Wildman–Crippen LogP) is 4.78. The summed E-state index contributed by atoms with van der Waals surface area (Å²) in [6, 6.07) is -0.139. The number of hydrogen-bond acceptors (Lipinski definition) is 10. The van der Waals surface area contributed by atoms with Crippen LogP contribution < -0.4 is 5.32 Å². The van der Waals surface area contributed by atoms with E-state index in [9.17, 15) is 24.6 Å². The molecule has 4 N–H and O–H groups in total. The molecule has 1 amide bonds. The Balaban J connectivity index is 1.77. The number of ether oxygens (including phenoxy) is 4. The number of aliphatic hydroxyl groups excluding tert-OH is 1. The number of epoxide rings is 1. The minimum absolute atomic E-state index is 0.00490. The lowest BCUT2D eigenvalue weighted by molar-refractivity contribution is -0.150. The number of rotatable bonds is 13. The van der Waals surface area contributed by atoms with Crippen molar-refractivity contribution < 1.29 is 48.7 Å². The zero-order valence-electron chi connectivity index (χ0n) is 31.3. The fourth-order valence-electron chi connectivity index (χ4n) is 6.85. The zero-order chi connectivity index (χ0) is 37.2. The van der Waals surface area contributed by atoms with E-state index < -0.39 is 41.6 Å². The van der Waals surface area contributed by atoms with Crippen molar-refractivity contribution >= 4 is 18.0 Å². The van der Waals surface area contributed by atoms with Crippen LogP contribution in [0.3, 0.4) is 0 Å². The maximum Gasteiger partial charge on any atom is 0.410 e. The Kier molecular flexibility index (Phi) is 15.5. The van der Waals surface area contributed by atoms with Crippen molar-refractivity contribution in [2.24, 2.45) is 17.8 Å². The van der Waals surface area contributed by atoms with Crippen molar-refractivity contribution in [1.82, 2.24) is 10.2 Å². The van der Waals surface area contributed by atoms with E-state index >= 15 is 0 Å². The second kappa shape index (κ2) is 18.6. The van der Waals surface area contributed by atoms with Crippen LogP contribution in [0.4, 0.5) is 4.79 Å². The Labute approximate surface area is 298 Å². The SMILES string of the molecule is CC[C@H](O)[C@@H](C)[C@H]1O[C@@H]1C[C@@](C)(O)/C=C/C=C(\C)[C@H]1OC(=O)C[C@H](C)CC[C@@](C)(OC)[C@@H](OC(=O)N2CCN[C@H](CCC(=O)O)C2)/C=C/[C@@H]1C. The summed E-state index contributed by atoms with van der Waals surface area (Å²) >= 11 is 0. The Morgan fingerprint density at radius 1 is 1.28 bits per heavy atom. The number of hydrogen-bond donors (Lipinski definition) is 4. The molecular formula is C38H62N2O10. The first-order valence-electron chi connectivity index (χ1n) is 18.2. The quantitative estimate of drug-likeness (QED) is 0.0901. The number of piperazine rings is 1. The maximum absolute atomic E-state index is 13.5. The molecule has 0 unspecified atom stereocenters. The van der Waals surface area contributed by atoms with Crippen LogP contribution >= 0.6 is 0 Å². The average molecular weight is 707 g/mol. The molecule has 3 rings (SSSR count). The second-order valence-electron chi connectivity index (χ2n) is 15.2. The minimum Gasteiger partial charge on any atom is -0.481 e. The van der Waals surface area contributed by atoms with Crippen molar-refractivity contribution in [1.29, 1.82) is 0 Å². The minimum atomic E-state index is -1.14. The van der Waals surface area contributed by atoms with Crippen molar-refractivity contribution in [2.75, 3.05) is 26.7 Å². The van der Waals surface area contributed by atoms with Crippen LogP contribution in [0.25, 0.3) is 0 Å². The normalized spacial score (nSPS) is 34.4. The lowest BCUT2D eigenvalue weighted by Gasteiger charge is -2.38. The van der Waals surface area contributed by atoms with Crippen LogP contribution in [-0.2, 0) is 28.5 Å². The molecule has 2 saturated heterocycles. The first-order chi connectivity index (χ1) is 23.5. The smallest absolute Gasteiger partial charge is 0.410 e. The lowest BCUT2D eigenvalue weighted by Crippen LogP contribution is -2.54. The van der Waals surface area contributed by atoms with Gasteiger partial charge < -0.3 is 44.5 Å². The summed E-state index contributed by atoms with van der Waals surface area (Å²) in [5.41, 5.74) is -1.23. The molecule has 12 nitrogen and oxygen atoms in total. The number of carboxylic acids is 1. The number of carboxylic acid groups (broad SMARTS) is 1. The van der Waals surface area contributed by atoms with E-state index in [1.54, 1.807) is 31.1 Å². The highest BCUT2D eigenvalue weighted by molar-refractivity contribution is 5.70. The fourth-order valence-corrected chi connectivity index (χ4v) is 6.85. The van der Waals surface area contributed by atoms with Gasteiger partial charge in [0, 0.05) is 63.9 Å². The Morgan fingerprint density at radius 3 is 2.66 bits per heavy atom. The molecule has 0 spiro atoms. The van der Waals surface area contributed by atoms with Crippen LogP contribution in [0, 0.1) is 17.8 Å². The van der Waals surface area contributed by atoms with Gasteiger partial charge in [-0.1, -0.05) is 52.0 Å². The van der Waals surface area contributed by atoms with Gasteiger partial charge >= 0.3 is 18.0 Å². The van der Waals surface area contributed by atoms with Crippen LogP contribution in [0.1, 0.15) is 93.4 Å². The van der Waals surface area contributed by atoms with Gasteiger partial charge in [0.25, 0.3) is 0 Å². The third-order valence-electron chi connectivity index (χ3n) is 10.5. The van der Waals surface area contributed by atoms with Gasteiger partial charge in [-0.2, -0.15) is 0 Å². The van der Waals surface area contributed by atoms with Crippen molar-refractivity contribution in [3.05, 3.63) is 36.0 Å². The molecule has 3 aliphatic heterocycles. The molecule has 0 aromatic heterocycles. The molecule has 3 heterocycles. The van der Waals surface area contributed by atoms with E-state index in [1.807, 2.05) is 59.8 Å². The van der Waals surface area contributed by atoms with Crippen molar-refractivity contribution in [3.63, 3.8) is 0 Å². The monoisotopic (exact) mass is 706 g/mol. The summed E-state index contributed by atoms with van der Waals surface area (Å²) in [6.45, 7) is 14.7. The molecule has 50 heavy (non-hydrogen) atoms. The van der Waals surface area contributed by atoms with Crippen LogP contribution in [0.2, 0.25) is 0 Å². The van der Waals surface area contributed by atoms with Crippen molar-refractivity contribution in [2.45, 2.75) is 141 Å². The summed E-state index contributed by atoms with van der Waals surface area (Å²) < 4.78 is 24.0. The molecule has 3 aliphatic rings. The second-order valence-corrected chi connectivity index (χ2v) is 15.2. The summed E-state index contributed by atoms with van der Waals surface area (Å²) in [5, 5.41) is 33.6. The van der Waals surface area contributed by atoms with E-state index in [2.05, 4.69) is 5.32 Å². The van der Waals surface area contributed by atoms with E-state index in [0.29, 0.717) is 51.7 Å². The Morgan fingerprint density at radius 2 is 2.00 bits per heavy atom. The first-order valence-corrected chi connectivity index (χ1v) is 18.2. The van der Waals surface area contributed by atoms with Crippen LogP contribution in [0.15, 0.2) is 36.0 Å². The molecule has 0 bridgehead atoms. The van der Waals surface area contributed by atoms with Crippen LogP contribution in [0.5, 0.6) is 0 Å². The number of nitrogens with one attached hydrogen (secondary N) is 1. The van der Waals surface area contributed by atoms with E-state index in [1.165, 1.54) is 0 Å². The molecule has 0 aromatic carbocycles. The fraction of sp³-hybridized carbons (Fsp3) is 0.763. The summed E-state index contributed by atoms with van der Waals surface area (Å²) in [7, 11) is 1.59. The number of amides is 1. The standard InChI is InChI=1S/C38H62N2O10/c1-9-29(41)27(5)35-30(48-35)22-37(6,46)17-10-11-25(3)34-26(4)12-14-31(38(7,47-8)18-16-24(2)21-33(44)50-34)49-36(45)40-20-19-39-28(23-40)13-15-32(42)43/h10-12,14,17,24,26-31,34-35,39,41,46H,9,13,15-16,18-23H2,1-8H3,(H,42,43)/b14-12+,17-10+,25-11+/t24-,26+,27-,28-,29+,30-,31+,34-,35-,37+,38-/m1/s1. The topological polar surface area (TPSA) is 167 Å². The number of nitrogens with zero attached hydrogens (tertiary/aromatic N) is 1. The lowest BCUT2D eigenvalue weighted by atomic mass is 9.86. The Hall–Kier alpha value is -2.77. The average Bonchev–Trinajstić information content (AvgIpc) is 3.83. The van der Waals surface area contributed by atoms with E-state index in [0.717, 1.165) is 5.57 Å². The molecule has 0 aliphatic carbocycles. The molecule has 2 fully saturated rings. The van der Waals surface area contributed by atoms with Gasteiger partial charge in [0.05, 0.1) is 23.9 Å². The molecule has 11 atom stereocenters. The van der Waals surface area contributed by atoms with Crippen LogP contribution in [-0.4, -0.2) is 113 Å². The van der Waals surface area contributed by atoms with E-state index in [-0.39, 0.29) is 54.8 Å². The number of allylic oxidation sites excluding steroid dienone is 2. The predicted molar refractivity (Wildman–Crippen MR) is 189 cm³/mol. The number of aliphatic hydroxyl groups is 2. The highest BCUT2D eigenvalue weighted by Crippen LogP contribution is 2.38. The van der Waals surface area contributed by atoms with Crippen molar-refractivity contribution in [3.8, 4) is 0 Å². The van der Waals surface area contributed by atoms with Gasteiger partial charge in [0.1, 0.15) is 11.7 Å². The summed E-state index contributed by atoms with van der Waals surface area (Å²) in [4.78, 5) is 39.3. The Bertz CT molecular complexity index is 1230. The third kappa shape index (κ3) is 12.5. The zero-order valence-corrected chi connectivity index (χ0v) is 31.3. The van der Waals surface area contributed by atoms with Gasteiger partial charge in [-0.05, 0) is 64.0 Å². The largest absolute Gasteiger partial charge is 0.481 e. The first kappa shape index (κ1) is 41.6. The molecule has 284 valence electrons. The number of methoxy groups -OCH3 is 1. The maximum atomic E-state index is 13.5. The van der Waals surface area contributed by atoms with Gasteiger partial charge in [-0.15, -0.1) is 0 Å². The summed E-state index contributed by atoms with van der Waals surface area (Å²) in [6.07, 6.45) is 9.40. The highest BCUT2D eigenvalue weighted by Gasteiger charge is 2.47. The number of carbonyl (C=O) groups excluding carboxylic acids is 2. The molecule has 0 saturated carbocycles. The number of cyclic esters (lactones) is 1. The molecular weight excluding hydrogens is 644 g/mol. The third-order valence-corrected chi connectivity index (χ3v) is 10.5. The number of esters is 1. The van der Waals surface area contributed by atoms with Gasteiger partial charge in [0.15, 0.2) is 6.10 Å². The number of aliphatic carboxylic acids is 1. The van der Waals surface area contributed by atoms with Gasteiger partial charge in [-0.3, -0.25) is 9.59 Å². The van der Waals surface area contributed by atoms with Gasteiger partial charge in [-0.25, -0.2) is 4.79 Å². The van der Waals surface area contributed by atoms with Gasteiger partial charge in [0.2, 0.25) is 0 Å². The molecule has 0 aromatic rings.